The highest BCUT2D eigenvalue weighted by atomic mass is 32.2. The summed E-state index contributed by atoms with van der Waals surface area (Å²) in [5, 5.41) is 0. The molecule has 0 spiro atoms. The molecule has 0 aromatic heterocycles. The summed E-state index contributed by atoms with van der Waals surface area (Å²) in [5.74, 6) is -0.0668. The second kappa shape index (κ2) is 4.78. The van der Waals surface area contributed by atoms with Crippen LogP contribution in [0.2, 0.25) is 0 Å². The van der Waals surface area contributed by atoms with E-state index in [0.717, 1.165) is 17.4 Å². The first kappa shape index (κ1) is 12.9. The lowest BCUT2D eigenvalue weighted by atomic mass is 9.97. The molecule has 0 N–H and O–H groups in total. The topological polar surface area (TPSA) is 51.2 Å². The molecule has 0 bridgehead atoms. The highest BCUT2D eigenvalue weighted by molar-refractivity contribution is 7.90. The van der Waals surface area contributed by atoms with Crippen LogP contribution in [-0.4, -0.2) is 21.0 Å². The number of hydrogen-bond donors (Lipinski definition) is 0. The summed E-state index contributed by atoms with van der Waals surface area (Å²) in [6.45, 7) is 3.70. The second-order valence-electron chi connectivity index (χ2n) is 4.12. The van der Waals surface area contributed by atoms with E-state index in [9.17, 15) is 13.2 Å². The van der Waals surface area contributed by atoms with Gasteiger partial charge in [0.15, 0.2) is 9.84 Å². The number of aldehydes is 1. The van der Waals surface area contributed by atoms with Crippen LogP contribution in [0, 0.1) is 6.92 Å². The Morgan fingerprint density at radius 1 is 1.38 bits per heavy atom. The van der Waals surface area contributed by atoms with Crippen molar-refractivity contribution in [2.24, 2.45) is 0 Å². The molecule has 3 nitrogen and oxygen atoms in total. The van der Waals surface area contributed by atoms with Gasteiger partial charge in [-0.2, -0.15) is 0 Å². The maximum Gasteiger partial charge on any atom is 0.175 e. The Balaban J connectivity index is 3.34. The molecule has 0 amide bonds. The third-order valence-corrected chi connectivity index (χ3v) is 3.70. The van der Waals surface area contributed by atoms with Crippen molar-refractivity contribution < 1.29 is 13.2 Å². The monoisotopic (exact) mass is 240 g/mol. The van der Waals surface area contributed by atoms with Crippen molar-refractivity contribution >= 4 is 16.1 Å². The minimum absolute atomic E-state index is 0.0668. The summed E-state index contributed by atoms with van der Waals surface area (Å²) in [6.07, 6.45) is 2.35. The smallest absolute Gasteiger partial charge is 0.175 e. The summed E-state index contributed by atoms with van der Waals surface area (Å²) >= 11 is 0. The van der Waals surface area contributed by atoms with Crippen LogP contribution in [0.3, 0.4) is 0 Å². The van der Waals surface area contributed by atoms with Crippen LogP contribution in [0.5, 0.6) is 0 Å². The van der Waals surface area contributed by atoms with Gasteiger partial charge in [-0.1, -0.05) is 19.1 Å². The zero-order valence-electron chi connectivity index (χ0n) is 9.73. The van der Waals surface area contributed by atoms with E-state index in [1.54, 1.807) is 12.1 Å². The molecule has 1 aromatic carbocycles. The Morgan fingerprint density at radius 3 is 2.50 bits per heavy atom. The van der Waals surface area contributed by atoms with Gasteiger partial charge in [0.05, 0.1) is 4.90 Å². The fraction of sp³-hybridized carbons (Fsp3) is 0.417. The van der Waals surface area contributed by atoms with Crippen molar-refractivity contribution in [2.45, 2.75) is 31.1 Å². The standard InChI is InChI=1S/C12H16O3S/c1-9-4-5-11(10(2)6-7-13)12(8-9)16(3,14)15/h4-5,7-8,10H,6H2,1-3H3. The fourth-order valence-electron chi connectivity index (χ4n) is 1.64. The van der Waals surface area contributed by atoms with Crippen molar-refractivity contribution in [1.82, 2.24) is 0 Å². The molecule has 1 atom stereocenters. The Kier molecular flexibility index (Phi) is 3.86. The largest absolute Gasteiger partial charge is 0.303 e. The molecule has 0 aliphatic rings. The van der Waals surface area contributed by atoms with Crippen LogP contribution in [0.4, 0.5) is 0 Å². The number of sulfone groups is 1. The van der Waals surface area contributed by atoms with Gasteiger partial charge in [-0.15, -0.1) is 0 Å². The van der Waals surface area contributed by atoms with Gasteiger partial charge in [-0.05, 0) is 30.0 Å². The molecule has 0 heterocycles. The number of carbonyl (C=O) groups is 1. The number of aryl methyl sites for hydroxylation is 1. The van der Waals surface area contributed by atoms with Crippen LogP contribution >= 0.6 is 0 Å². The average molecular weight is 240 g/mol. The average Bonchev–Trinajstić information content (AvgIpc) is 2.16. The van der Waals surface area contributed by atoms with E-state index in [-0.39, 0.29) is 5.92 Å². The third-order valence-electron chi connectivity index (χ3n) is 2.55. The van der Waals surface area contributed by atoms with Crippen LogP contribution in [-0.2, 0) is 14.6 Å². The second-order valence-corrected chi connectivity index (χ2v) is 6.10. The Hall–Kier alpha value is -1.16. The highest BCUT2D eigenvalue weighted by Gasteiger charge is 2.17. The van der Waals surface area contributed by atoms with E-state index in [1.807, 2.05) is 19.9 Å². The van der Waals surface area contributed by atoms with Gasteiger partial charge in [0.2, 0.25) is 0 Å². The molecule has 0 fully saturated rings. The van der Waals surface area contributed by atoms with E-state index in [2.05, 4.69) is 0 Å². The van der Waals surface area contributed by atoms with Gasteiger partial charge in [0.25, 0.3) is 0 Å². The van der Waals surface area contributed by atoms with Crippen molar-refractivity contribution in [3.8, 4) is 0 Å². The molecule has 0 saturated heterocycles. The summed E-state index contributed by atoms with van der Waals surface area (Å²) in [5.41, 5.74) is 1.63. The van der Waals surface area contributed by atoms with Crippen LogP contribution in [0.25, 0.3) is 0 Å². The summed E-state index contributed by atoms with van der Waals surface area (Å²) in [4.78, 5) is 10.8. The SMILES string of the molecule is Cc1ccc(C(C)CC=O)c(S(C)(=O)=O)c1. The van der Waals surface area contributed by atoms with Gasteiger partial charge in [-0.3, -0.25) is 0 Å². The predicted octanol–water partition coefficient (Wildman–Crippen LogP) is 2.09. The minimum Gasteiger partial charge on any atom is -0.303 e. The van der Waals surface area contributed by atoms with Gasteiger partial charge in [-0.25, -0.2) is 8.42 Å². The third kappa shape index (κ3) is 2.92. The lowest BCUT2D eigenvalue weighted by Crippen LogP contribution is -2.06. The zero-order chi connectivity index (χ0) is 12.3. The molecule has 1 unspecified atom stereocenters. The number of benzene rings is 1. The zero-order valence-corrected chi connectivity index (χ0v) is 10.5. The number of carbonyl (C=O) groups excluding carboxylic acids is 1. The van der Waals surface area contributed by atoms with Gasteiger partial charge in [0.1, 0.15) is 6.29 Å². The Morgan fingerprint density at radius 2 is 2.00 bits per heavy atom. The first-order valence-electron chi connectivity index (χ1n) is 5.10. The van der Waals surface area contributed by atoms with Crippen LogP contribution in [0.15, 0.2) is 23.1 Å². The molecular formula is C12H16O3S. The normalized spacial score (nSPS) is 13.4. The number of rotatable bonds is 4. The first-order chi connectivity index (χ1) is 7.36. The van der Waals surface area contributed by atoms with E-state index in [4.69, 9.17) is 0 Å². The Bertz CT molecular complexity index is 489. The van der Waals surface area contributed by atoms with Crippen LogP contribution < -0.4 is 0 Å². The molecule has 0 aliphatic carbocycles. The molecule has 1 aromatic rings. The van der Waals surface area contributed by atoms with Gasteiger partial charge in [0, 0.05) is 12.7 Å². The minimum atomic E-state index is -3.24. The predicted molar refractivity (Wildman–Crippen MR) is 63.4 cm³/mol. The summed E-state index contributed by atoms with van der Waals surface area (Å²) in [7, 11) is -3.24. The van der Waals surface area contributed by atoms with Gasteiger partial charge < -0.3 is 4.79 Å². The number of hydrogen-bond acceptors (Lipinski definition) is 3. The van der Waals surface area contributed by atoms with E-state index in [0.29, 0.717) is 11.3 Å². The van der Waals surface area contributed by atoms with Crippen molar-refractivity contribution in [3.63, 3.8) is 0 Å². The molecular weight excluding hydrogens is 224 g/mol. The maximum absolute atomic E-state index is 11.6. The maximum atomic E-state index is 11.6. The molecule has 1 rings (SSSR count). The van der Waals surface area contributed by atoms with Crippen LogP contribution in [0.1, 0.15) is 30.4 Å². The van der Waals surface area contributed by atoms with Gasteiger partial charge >= 0.3 is 0 Å². The quantitative estimate of drug-likeness (QED) is 0.757. The van der Waals surface area contributed by atoms with E-state index >= 15 is 0 Å². The summed E-state index contributed by atoms with van der Waals surface area (Å²) in [6, 6.07) is 5.32. The Labute approximate surface area is 96.4 Å². The molecule has 0 aliphatic heterocycles. The molecule has 16 heavy (non-hydrogen) atoms. The lowest BCUT2D eigenvalue weighted by Gasteiger charge is -2.13. The summed E-state index contributed by atoms with van der Waals surface area (Å²) < 4.78 is 23.3. The molecule has 0 radical (unpaired) electrons. The lowest BCUT2D eigenvalue weighted by molar-refractivity contribution is -0.108. The molecule has 88 valence electrons. The first-order valence-corrected chi connectivity index (χ1v) is 6.99. The molecule has 0 saturated carbocycles. The van der Waals surface area contributed by atoms with E-state index < -0.39 is 9.84 Å². The highest BCUT2D eigenvalue weighted by Crippen LogP contribution is 2.26. The van der Waals surface area contributed by atoms with Crippen molar-refractivity contribution in [3.05, 3.63) is 29.3 Å². The van der Waals surface area contributed by atoms with Crippen molar-refractivity contribution in [1.29, 1.82) is 0 Å². The van der Waals surface area contributed by atoms with Crippen molar-refractivity contribution in [2.75, 3.05) is 6.26 Å². The fourth-order valence-corrected chi connectivity index (χ4v) is 2.74. The molecule has 4 heteroatoms. The van der Waals surface area contributed by atoms with E-state index in [1.165, 1.54) is 6.26 Å².